The van der Waals surface area contributed by atoms with E-state index in [0.717, 1.165) is 44.2 Å². The van der Waals surface area contributed by atoms with Crippen molar-refractivity contribution in [3.05, 3.63) is 112 Å². The maximum Gasteiger partial charge on any atom is 0.189 e. The Kier molecular flexibility index (Phi) is 17.1. The van der Waals surface area contributed by atoms with E-state index >= 15 is 0 Å². The van der Waals surface area contributed by atoms with E-state index in [1.54, 1.807) is 24.3 Å². The lowest BCUT2D eigenvalue weighted by molar-refractivity contribution is -0.530. The van der Waals surface area contributed by atoms with Crippen molar-refractivity contribution in [3.63, 3.8) is 0 Å². The minimum atomic E-state index is 0.129. The Labute approximate surface area is 283 Å². The summed E-state index contributed by atoms with van der Waals surface area (Å²) in [7, 11) is 4.19. The summed E-state index contributed by atoms with van der Waals surface area (Å²) in [6, 6.07) is 8.74. The van der Waals surface area contributed by atoms with Crippen LogP contribution in [0.2, 0.25) is 0 Å². The van der Waals surface area contributed by atoms with Crippen LogP contribution in [0.25, 0.3) is 5.70 Å². The summed E-state index contributed by atoms with van der Waals surface area (Å²) in [5.74, 6) is 6.18. The largest absolute Gasteiger partial charge is 0.375 e. The molecular formula is C40H54ClN4O+. The molecule has 1 unspecified atom stereocenters. The number of allylic oxidation sites excluding steroid dienone is 9. The highest BCUT2D eigenvalue weighted by Crippen LogP contribution is 2.46. The number of carbonyl (C=O) groups is 1. The molecule has 0 radical (unpaired) electrons. The third kappa shape index (κ3) is 11.9. The van der Waals surface area contributed by atoms with Crippen molar-refractivity contribution >= 4 is 29.3 Å². The van der Waals surface area contributed by atoms with E-state index in [-0.39, 0.29) is 5.54 Å². The summed E-state index contributed by atoms with van der Waals surface area (Å²) in [6.45, 7) is 14.0. The molecule has 0 aromatic heterocycles. The first-order chi connectivity index (χ1) is 22.3. The molecule has 4 aliphatic rings. The first-order valence-corrected chi connectivity index (χ1v) is 16.9. The van der Waals surface area contributed by atoms with Gasteiger partial charge in [-0.15, -0.1) is 0 Å². The van der Waals surface area contributed by atoms with E-state index in [0.29, 0.717) is 17.5 Å². The van der Waals surface area contributed by atoms with Crippen molar-refractivity contribution in [3.8, 4) is 11.8 Å². The molecule has 1 atom stereocenters. The van der Waals surface area contributed by atoms with E-state index in [1.165, 1.54) is 46.5 Å². The monoisotopic (exact) mass is 641 g/mol. The molecule has 3 aliphatic carbocycles. The molecule has 1 aromatic rings. The molecule has 246 valence electrons. The lowest BCUT2D eigenvalue weighted by atomic mass is 9.85. The van der Waals surface area contributed by atoms with Crippen LogP contribution in [0.1, 0.15) is 70.9 Å². The Bertz CT molecular complexity index is 1470. The number of hydrogen-bond acceptors (Lipinski definition) is 4. The highest BCUT2D eigenvalue weighted by molar-refractivity contribution is 6.31. The van der Waals surface area contributed by atoms with Crippen LogP contribution in [-0.2, 0) is 11.3 Å². The number of halogens is 1. The minimum absolute atomic E-state index is 0.129. The van der Waals surface area contributed by atoms with Crippen LogP contribution in [0.3, 0.4) is 0 Å². The molecule has 0 spiro atoms. The van der Waals surface area contributed by atoms with E-state index < -0.39 is 0 Å². The lowest BCUT2D eigenvalue weighted by Gasteiger charge is -2.29. The number of nitrogens with one attached hydrogen (secondary N) is 2. The Morgan fingerprint density at radius 2 is 1.93 bits per heavy atom. The van der Waals surface area contributed by atoms with Gasteiger partial charge in [-0.2, -0.15) is 0 Å². The fraction of sp³-hybridized carbons (Fsp3) is 0.400. The van der Waals surface area contributed by atoms with Gasteiger partial charge in [0.1, 0.15) is 19.3 Å². The van der Waals surface area contributed by atoms with Crippen molar-refractivity contribution < 1.29 is 9.37 Å². The predicted octanol–water partition coefficient (Wildman–Crippen LogP) is 7.62. The van der Waals surface area contributed by atoms with Crippen molar-refractivity contribution in [2.75, 3.05) is 27.2 Å². The molecule has 2 saturated carbocycles. The quantitative estimate of drug-likeness (QED) is 0.0808. The fourth-order valence-corrected chi connectivity index (χ4v) is 5.22. The van der Waals surface area contributed by atoms with Gasteiger partial charge in [0.05, 0.1) is 17.1 Å². The zero-order valence-electron chi connectivity index (χ0n) is 28.8. The van der Waals surface area contributed by atoms with Crippen molar-refractivity contribution in [1.82, 2.24) is 10.6 Å². The second-order valence-electron chi connectivity index (χ2n) is 11.3. The molecule has 5 rings (SSSR count). The summed E-state index contributed by atoms with van der Waals surface area (Å²) < 4.78 is 2.35. The Hall–Kier alpha value is -3.69. The van der Waals surface area contributed by atoms with Crippen molar-refractivity contribution in [2.45, 2.75) is 71.9 Å². The number of carbonyl (C=O) groups excluding carboxylic acids is 1. The molecule has 4 N–H and O–H groups in total. The highest BCUT2D eigenvalue weighted by Gasteiger charge is 2.48. The minimum Gasteiger partial charge on any atom is -0.375 e. The van der Waals surface area contributed by atoms with Crippen LogP contribution < -0.4 is 16.4 Å². The van der Waals surface area contributed by atoms with Crippen molar-refractivity contribution in [1.29, 1.82) is 0 Å². The number of hydrogen-bond donors (Lipinski definition) is 3. The average Bonchev–Trinajstić information content (AvgIpc) is 4.01. The van der Waals surface area contributed by atoms with Gasteiger partial charge in [0.15, 0.2) is 12.3 Å². The molecule has 2 fully saturated rings. The predicted molar refractivity (Wildman–Crippen MR) is 199 cm³/mol. The van der Waals surface area contributed by atoms with Gasteiger partial charge in [-0.25, -0.2) is 4.58 Å². The van der Waals surface area contributed by atoms with Crippen molar-refractivity contribution in [2.24, 2.45) is 11.7 Å². The molecule has 46 heavy (non-hydrogen) atoms. The molecule has 0 saturated heterocycles. The zero-order chi connectivity index (χ0) is 34.0. The summed E-state index contributed by atoms with van der Waals surface area (Å²) in [6.07, 6.45) is 22.9. The summed E-state index contributed by atoms with van der Waals surface area (Å²) in [4.78, 5) is 9.58. The standard InChI is InChI=1S/C23H30N3.C10H12ClN.C5H6O.C2H6/c1-4-7-21(20-9-6-5-8-17(20)15-24-2)25-23(12-13-23)19-10-11-22-18(14-19)16-26(22)3;1-3-4-7-10(11)9(2)6-5-8-12;6-4-3-5-1-2-5;1-2/h5-11,14,18,24-25H,4,12-13,15-16H2,1-3H3;3-4,7H,1,8,12H2,2H3;3-4H,1-2H2;1-2H3/q+1;;;/b;7-4-,10-9-;;. The molecular weight excluding hydrogens is 588 g/mol. The highest BCUT2D eigenvalue weighted by atomic mass is 35.5. The van der Waals surface area contributed by atoms with Gasteiger partial charge in [-0.3, -0.25) is 4.79 Å². The molecule has 0 amide bonds. The molecule has 5 nitrogen and oxygen atoms in total. The number of nitrogens with zero attached hydrogens (tertiary/aromatic N) is 1. The summed E-state index contributed by atoms with van der Waals surface area (Å²) in [5.41, 5.74) is 14.4. The maximum atomic E-state index is 9.58. The topological polar surface area (TPSA) is 70.2 Å². The van der Waals surface area contributed by atoms with Gasteiger partial charge >= 0.3 is 0 Å². The molecule has 0 bridgehead atoms. The molecule has 1 aromatic carbocycles. The molecule has 6 heteroatoms. The summed E-state index contributed by atoms with van der Waals surface area (Å²) >= 11 is 5.85. The number of nitrogens with two attached hydrogens (primary N) is 1. The Balaban J connectivity index is 0.000000305. The second-order valence-corrected chi connectivity index (χ2v) is 11.7. The van der Waals surface area contributed by atoms with Gasteiger partial charge in [0, 0.05) is 29.5 Å². The number of benzene rings is 1. The first kappa shape index (κ1) is 38.5. The SMILES string of the molecule is C=C/C=C\C(Cl)=C(/C)C#CCN.CC.CCC=C(NC1(C2=CC3C[N+](C)=C3C=C2)CC1)c1ccccc1CNC.O=CC=C1CC1. The van der Waals surface area contributed by atoms with Crippen LogP contribution in [0.15, 0.2) is 101 Å². The Morgan fingerprint density at radius 3 is 2.46 bits per heavy atom. The van der Waals surface area contributed by atoms with E-state index in [2.05, 4.69) is 96.2 Å². The number of fused-ring (bicyclic) bond motifs is 1. The molecule has 1 heterocycles. The average molecular weight is 642 g/mol. The molecule has 1 aliphatic heterocycles. The van der Waals surface area contributed by atoms with Gasteiger partial charge in [0.2, 0.25) is 0 Å². The third-order valence-electron chi connectivity index (χ3n) is 7.82. The maximum absolute atomic E-state index is 9.58. The van der Waals surface area contributed by atoms with E-state index in [9.17, 15) is 4.79 Å². The zero-order valence-corrected chi connectivity index (χ0v) is 29.5. The second kappa shape index (κ2) is 20.4. The van der Waals surface area contributed by atoms with Crippen LogP contribution in [0.5, 0.6) is 0 Å². The fourth-order valence-electron chi connectivity index (χ4n) is 5.10. The van der Waals surface area contributed by atoms with Crippen LogP contribution >= 0.6 is 11.6 Å². The lowest BCUT2D eigenvalue weighted by Crippen LogP contribution is -2.43. The van der Waals surface area contributed by atoms with Crippen LogP contribution in [0, 0.1) is 17.8 Å². The van der Waals surface area contributed by atoms with Crippen LogP contribution in [0.4, 0.5) is 0 Å². The normalized spacial score (nSPS) is 18.6. The first-order valence-electron chi connectivity index (χ1n) is 16.5. The van der Waals surface area contributed by atoms with Gasteiger partial charge in [-0.1, -0.05) is 111 Å². The van der Waals surface area contributed by atoms with Gasteiger partial charge in [-0.05, 0) is 69.4 Å². The third-order valence-corrected chi connectivity index (χ3v) is 8.23. The van der Waals surface area contributed by atoms with E-state index in [1.807, 2.05) is 27.8 Å². The van der Waals surface area contributed by atoms with Gasteiger partial charge < -0.3 is 16.4 Å². The van der Waals surface area contributed by atoms with Gasteiger partial charge in [0.25, 0.3) is 0 Å². The smallest absolute Gasteiger partial charge is 0.189 e. The Morgan fingerprint density at radius 1 is 1.22 bits per heavy atom. The number of aldehydes is 1. The van der Waals surface area contributed by atoms with Crippen LogP contribution in [-0.4, -0.2) is 49.3 Å². The van der Waals surface area contributed by atoms with E-state index in [4.69, 9.17) is 17.3 Å². The number of rotatable bonds is 10. The summed E-state index contributed by atoms with van der Waals surface area (Å²) in [5, 5.41) is 7.87.